The summed E-state index contributed by atoms with van der Waals surface area (Å²) in [5, 5.41) is 2.08. The van der Waals surface area contributed by atoms with Crippen LogP contribution in [0.3, 0.4) is 0 Å². The van der Waals surface area contributed by atoms with Crippen LogP contribution < -0.4 is 11.1 Å². The van der Waals surface area contributed by atoms with Gasteiger partial charge in [-0.15, -0.1) is 0 Å². The van der Waals surface area contributed by atoms with Gasteiger partial charge in [-0.3, -0.25) is 4.79 Å². The minimum absolute atomic E-state index is 0.197. The normalized spacial score (nSPS) is 12.6. The summed E-state index contributed by atoms with van der Waals surface area (Å²) in [6, 6.07) is 0.814. The quantitative estimate of drug-likeness (QED) is 0.888. The molecule has 0 spiro atoms. The molecule has 1 aromatic carbocycles. The lowest BCUT2D eigenvalue weighted by molar-refractivity contribution is -0.117. The average molecular weight is 277 g/mol. The van der Waals surface area contributed by atoms with E-state index in [2.05, 4.69) is 5.32 Å². The van der Waals surface area contributed by atoms with Gasteiger partial charge in [0.25, 0.3) is 0 Å². The summed E-state index contributed by atoms with van der Waals surface area (Å²) in [5.74, 6) is -2.04. The molecular formula is C12H15ClF2N2O. The molecule has 18 heavy (non-hydrogen) atoms. The Balaban J connectivity index is 2.82. The Hall–Kier alpha value is -1.20. The molecule has 1 aromatic rings. The van der Waals surface area contributed by atoms with Gasteiger partial charge in [0, 0.05) is 6.07 Å². The Morgan fingerprint density at radius 2 is 2.06 bits per heavy atom. The SMILES string of the molecule is CC(C)C[C@H](N)C(=O)Nc1c(F)cc(F)cc1Cl. The van der Waals surface area contributed by atoms with Gasteiger partial charge < -0.3 is 11.1 Å². The summed E-state index contributed by atoms with van der Waals surface area (Å²) >= 11 is 5.65. The molecule has 0 aliphatic heterocycles. The van der Waals surface area contributed by atoms with Crippen LogP contribution in [0.2, 0.25) is 5.02 Å². The Kier molecular flexibility index (Phi) is 5.04. The first-order valence-electron chi connectivity index (χ1n) is 5.52. The molecule has 0 heterocycles. The van der Waals surface area contributed by atoms with Crippen molar-refractivity contribution in [2.75, 3.05) is 5.32 Å². The third-order valence-electron chi connectivity index (χ3n) is 2.32. The Morgan fingerprint density at radius 1 is 1.44 bits per heavy atom. The molecule has 0 bridgehead atoms. The molecule has 0 radical (unpaired) electrons. The van der Waals surface area contributed by atoms with E-state index in [0.29, 0.717) is 12.5 Å². The number of hydrogen-bond acceptors (Lipinski definition) is 2. The van der Waals surface area contributed by atoms with Crippen molar-refractivity contribution in [3.05, 3.63) is 28.8 Å². The number of halogens is 3. The summed E-state index contributed by atoms with van der Waals surface area (Å²) < 4.78 is 26.2. The molecule has 0 unspecified atom stereocenters. The van der Waals surface area contributed by atoms with Crippen LogP contribution in [0.1, 0.15) is 20.3 Å². The van der Waals surface area contributed by atoms with E-state index in [1.165, 1.54) is 0 Å². The van der Waals surface area contributed by atoms with E-state index in [1.54, 1.807) is 0 Å². The first kappa shape index (κ1) is 14.9. The van der Waals surface area contributed by atoms with E-state index >= 15 is 0 Å². The third-order valence-corrected chi connectivity index (χ3v) is 2.62. The van der Waals surface area contributed by atoms with Gasteiger partial charge >= 0.3 is 0 Å². The molecule has 0 aliphatic carbocycles. The second-order valence-corrected chi connectivity index (χ2v) is 4.88. The van der Waals surface area contributed by atoms with Gasteiger partial charge in [-0.05, 0) is 18.4 Å². The fourth-order valence-corrected chi connectivity index (χ4v) is 1.73. The zero-order valence-electron chi connectivity index (χ0n) is 10.1. The molecular weight excluding hydrogens is 262 g/mol. The lowest BCUT2D eigenvalue weighted by Gasteiger charge is -2.15. The van der Waals surface area contributed by atoms with Crippen molar-refractivity contribution in [2.45, 2.75) is 26.3 Å². The number of amides is 1. The minimum atomic E-state index is -0.926. The maximum Gasteiger partial charge on any atom is 0.241 e. The van der Waals surface area contributed by atoms with Crippen LogP contribution in [0.15, 0.2) is 12.1 Å². The summed E-state index contributed by atoms with van der Waals surface area (Å²) in [6.45, 7) is 3.83. The average Bonchev–Trinajstić information content (AvgIpc) is 2.21. The second-order valence-electron chi connectivity index (χ2n) is 4.47. The highest BCUT2D eigenvalue weighted by Crippen LogP contribution is 2.26. The zero-order chi connectivity index (χ0) is 13.9. The second kappa shape index (κ2) is 6.11. The van der Waals surface area contributed by atoms with Gasteiger partial charge in [0.1, 0.15) is 5.82 Å². The molecule has 3 nitrogen and oxygen atoms in total. The molecule has 0 aliphatic rings. The van der Waals surface area contributed by atoms with Crippen LogP contribution in [0.4, 0.5) is 14.5 Å². The number of carbonyl (C=O) groups excluding carboxylic acids is 1. The monoisotopic (exact) mass is 276 g/mol. The van der Waals surface area contributed by atoms with E-state index in [0.717, 1.165) is 6.07 Å². The van der Waals surface area contributed by atoms with E-state index in [-0.39, 0.29) is 16.6 Å². The number of nitrogens with two attached hydrogens (primary N) is 1. The van der Waals surface area contributed by atoms with Crippen LogP contribution in [0.25, 0.3) is 0 Å². The number of hydrogen-bond donors (Lipinski definition) is 2. The first-order valence-corrected chi connectivity index (χ1v) is 5.90. The van der Waals surface area contributed by atoms with Crippen LogP contribution in [-0.2, 0) is 4.79 Å². The first-order chi connectivity index (χ1) is 8.31. The highest BCUT2D eigenvalue weighted by Gasteiger charge is 2.18. The predicted molar refractivity (Wildman–Crippen MR) is 67.4 cm³/mol. The Labute approximate surface area is 109 Å². The highest BCUT2D eigenvalue weighted by atomic mass is 35.5. The molecule has 0 fully saturated rings. The van der Waals surface area contributed by atoms with Gasteiger partial charge in [-0.25, -0.2) is 8.78 Å². The van der Waals surface area contributed by atoms with Crippen molar-refractivity contribution in [2.24, 2.45) is 11.7 Å². The lowest BCUT2D eigenvalue weighted by Crippen LogP contribution is -2.37. The fourth-order valence-electron chi connectivity index (χ4n) is 1.49. The van der Waals surface area contributed by atoms with Gasteiger partial charge in [-0.1, -0.05) is 25.4 Å². The number of benzene rings is 1. The van der Waals surface area contributed by atoms with Crippen molar-refractivity contribution in [3.63, 3.8) is 0 Å². The highest BCUT2D eigenvalue weighted by molar-refractivity contribution is 6.33. The van der Waals surface area contributed by atoms with E-state index in [1.807, 2.05) is 13.8 Å². The summed E-state index contributed by atoms with van der Waals surface area (Å²) in [6.07, 6.45) is 0.465. The van der Waals surface area contributed by atoms with Crippen molar-refractivity contribution in [1.29, 1.82) is 0 Å². The molecule has 0 aromatic heterocycles. The molecule has 100 valence electrons. The van der Waals surface area contributed by atoms with Gasteiger partial charge in [0.2, 0.25) is 5.91 Å². The molecule has 1 atom stereocenters. The maximum absolute atomic E-state index is 13.4. The van der Waals surface area contributed by atoms with Crippen molar-refractivity contribution >= 4 is 23.2 Å². The van der Waals surface area contributed by atoms with Gasteiger partial charge in [0.05, 0.1) is 16.8 Å². The van der Waals surface area contributed by atoms with Gasteiger partial charge in [0.15, 0.2) is 5.82 Å². The Morgan fingerprint density at radius 3 is 2.56 bits per heavy atom. The van der Waals surface area contributed by atoms with E-state index in [9.17, 15) is 13.6 Å². The molecule has 0 saturated heterocycles. The summed E-state index contributed by atoms with van der Waals surface area (Å²) in [5.41, 5.74) is 5.40. The largest absolute Gasteiger partial charge is 0.321 e. The van der Waals surface area contributed by atoms with Crippen LogP contribution >= 0.6 is 11.6 Å². The molecule has 1 rings (SSSR count). The zero-order valence-corrected chi connectivity index (χ0v) is 10.9. The van der Waals surface area contributed by atoms with Gasteiger partial charge in [-0.2, -0.15) is 0 Å². The number of rotatable bonds is 4. The number of anilines is 1. The van der Waals surface area contributed by atoms with Crippen molar-refractivity contribution < 1.29 is 13.6 Å². The maximum atomic E-state index is 13.4. The topological polar surface area (TPSA) is 55.1 Å². The van der Waals surface area contributed by atoms with Crippen LogP contribution in [0, 0.1) is 17.6 Å². The number of carbonyl (C=O) groups is 1. The van der Waals surface area contributed by atoms with Crippen molar-refractivity contribution in [1.82, 2.24) is 0 Å². The summed E-state index contributed by atoms with van der Waals surface area (Å²) in [4.78, 5) is 11.7. The summed E-state index contributed by atoms with van der Waals surface area (Å²) in [7, 11) is 0. The molecule has 0 saturated carbocycles. The number of nitrogens with one attached hydrogen (secondary N) is 1. The standard InChI is InChI=1S/C12H15ClF2N2O/c1-6(2)3-10(16)12(18)17-11-8(13)4-7(14)5-9(11)15/h4-6,10H,3,16H2,1-2H3,(H,17,18)/t10-/m0/s1. The fraction of sp³-hybridized carbons (Fsp3) is 0.417. The lowest BCUT2D eigenvalue weighted by atomic mass is 10.0. The van der Waals surface area contributed by atoms with Crippen LogP contribution in [0.5, 0.6) is 0 Å². The molecule has 1 amide bonds. The molecule has 3 N–H and O–H groups in total. The smallest absolute Gasteiger partial charge is 0.241 e. The third kappa shape index (κ3) is 3.92. The van der Waals surface area contributed by atoms with E-state index in [4.69, 9.17) is 17.3 Å². The van der Waals surface area contributed by atoms with E-state index < -0.39 is 23.6 Å². The minimum Gasteiger partial charge on any atom is -0.321 e. The Bertz CT molecular complexity index is 429. The van der Waals surface area contributed by atoms with Crippen molar-refractivity contribution in [3.8, 4) is 0 Å². The van der Waals surface area contributed by atoms with Crippen LogP contribution in [-0.4, -0.2) is 11.9 Å². The predicted octanol–water partition coefficient (Wildman–Crippen LogP) is 2.93. The molecule has 6 heteroatoms.